The summed E-state index contributed by atoms with van der Waals surface area (Å²) in [6.07, 6.45) is -0.576. The predicted octanol–water partition coefficient (Wildman–Crippen LogP) is 4.94. The molecule has 33 heavy (non-hydrogen) atoms. The monoisotopic (exact) mass is 444 g/mol. The molecule has 0 radical (unpaired) electrons. The maximum Gasteiger partial charge on any atom is 0.268 e. The van der Waals surface area contributed by atoms with Crippen molar-refractivity contribution < 1.29 is 19.1 Å². The Hall–Kier alpha value is -3.80. The summed E-state index contributed by atoms with van der Waals surface area (Å²) < 4.78 is 11.6. The van der Waals surface area contributed by atoms with E-state index >= 15 is 0 Å². The fourth-order valence-corrected chi connectivity index (χ4v) is 3.97. The van der Waals surface area contributed by atoms with E-state index < -0.39 is 6.10 Å². The Labute approximate surface area is 194 Å². The lowest BCUT2D eigenvalue weighted by Crippen LogP contribution is -2.44. The van der Waals surface area contributed by atoms with Gasteiger partial charge in [0.2, 0.25) is 0 Å². The number of carbonyl (C=O) groups is 2. The van der Waals surface area contributed by atoms with Crippen LogP contribution in [0.25, 0.3) is 0 Å². The Bertz CT molecular complexity index is 1180. The van der Waals surface area contributed by atoms with Crippen molar-refractivity contribution in [2.24, 2.45) is 0 Å². The van der Waals surface area contributed by atoms with E-state index in [1.54, 1.807) is 30.0 Å². The molecule has 0 aromatic heterocycles. The molecule has 0 bridgehead atoms. The summed E-state index contributed by atoms with van der Waals surface area (Å²) in [5.74, 6) is 0.933. The van der Waals surface area contributed by atoms with E-state index in [0.717, 1.165) is 28.0 Å². The minimum atomic E-state index is -0.576. The zero-order chi connectivity index (χ0) is 23.5. The van der Waals surface area contributed by atoms with Crippen molar-refractivity contribution in [2.75, 3.05) is 16.8 Å². The Morgan fingerprint density at radius 2 is 1.70 bits per heavy atom. The lowest BCUT2D eigenvalue weighted by molar-refractivity contribution is -0.125. The van der Waals surface area contributed by atoms with Gasteiger partial charge in [-0.15, -0.1) is 0 Å². The Morgan fingerprint density at radius 1 is 1.00 bits per heavy atom. The third-order valence-corrected chi connectivity index (χ3v) is 5.80. The minimum Gasteiger partial charge on any atom is -0.483 e. The number of nitrogens with one attached hydrogen (secondary N) is 1. The molecule has 0 aliphatic carbocycles. The number of ether oxygens (including phenoxy) is 2. The fourth-order valence-electron chi connectivity index (χ4n) is 3.97. The van der Waals surface area contributed by atoms with Gasteiger partial charge in [0.15, 0.2) is 12.7 Å². The highest BCUT2D eigenvalue weighted by atomic mass is 16.5. The van der Waals surface area contributed by atoms with Crippen LogP contribution < -0.4 is 19.7 Å². The van der Waals surface area contributed by atoms with Crippen LogP contribution in [0, 0.1) is 20.8 Å². The summed E-state index contributed by atoms with van der Waals surface area (Å²) in [4.78, 5) is 27.2. The van der Waals surface area contributed by atoms with Gasteiger partial charge >= 0.3 is 0 Å². The van der Waals surface area contributed by atoms with Crippen LogP contribution in [-0.2, 0) is 16.1 Å². The Balaban J connectivity index is 1.52. The van der Waals surface area contributed by atoms with Crippen LogP contribution in [0.4, 0.5) is 11.4 Å². The zero-order valence-electron chi connectivity index (χ0n) is 19.3. The fraction of sp³-hybridized carbons (Fsp3) is 0.259. The second-order valence-corrected chi connectivity index (χ2v) is 8.35. The maximum atomic E-state index is 13.0. The number of anilines is 2. The molecule has 2 amide bonds. The van der Waals surface area contributed by atoms with E-state index in [4.69, 9.17) is 9.47 Å². The molecular formula is C27H28N2O4. The van der Waals surface area contributed by atoms with Gasteiger partial charge in [0, 0.05) is 5.69 Å². The quantitative estimate of drug-likeness (QED) is 0.585. The van der Waals surface area contributed by atoms with Gasteiger partial charge in [0.1, 0.15) is 11.5 Å². The first-order valence-corrected chi connectivity index (χ1v) is 11.0. The van der Waals surface area contributed by atoms with Crippen LogP contribution in [0.2, 0.25) is 0 Å². The maximum absolute atomic E-state index is 13.0. The van der Waals surface area contributed by atoms with Gasteiger partial charge in [-0.05, 0) is 68.1 Å². The highest BCUT2D eigenvalue weighted by Gasteiger charge is 2.32. The number of benzene rings is 3. The summed E-state index contributed by atoms with van der Waals surface area (Å²) in [7, 11) is 0. The number of carbonyl (C=O) groups excluding carboxylic acids is 2. The van der Waals surface area contributed by atoms with Gasteiger partial charge in [-0.1, -0.05) is 42.5 Å². The summed E-state index contributed by atoms with van der Waals surface area (Å²) in [5.41, 5.74) is 5.34. The molecule has 1 atom stereocenters. The second-order valence-electron chi connectivity index (χ2n) is 8.35. The highest BCUT2D eigenvalue weighted by Crippen LogP contribution is 2.37. The van der Waals surface area contributed by atoms with Crippen molar-refractivity contribution in [3.8, 4) is 11.5 Å². The van der Waals surface area contributed by atoms with E-state index in [1.165, 1.54) is 0 Å². The summed E-state index contributed by atoms with van der Waals surface area (Å²) in [6.45, 7) is 7.99. The van der Waals surface area contributed by atoms with Gasteiger partial charge in [-0.25, -0.2) is 0 Å². The number of para-hydroxylation sites is 1. The minimum absolute atomic E-state index is 0.109. The molecule has 1 unspecified atom stereocenters. The third-order valence-electron chi connectivity index (χ3n) is 5.80. The van der Waals surface area contributed by atoms with Crippen molar-refractivity contribution in [3.63, 3.8) is 0 Å². The molecule has 1 heterocycles. The largest absolute Gasteiger partial charge is 0.483 e. The predicted molar refractivity (Wildman–Crippen MR) is 129 cm³/mol. The molecule has 1 N–H and O–H groups in total. The van der Waals surface area contributed by atoms with E-state index in [-0.39, 0.29) is 18.4 Å². The van der Waals surface area contributed by atoms with Gasteiger partial charge in [-0.3, -0.25) is 9.59 Å². The molecule has 3 aromatic carbocycles. The van der Waals surface area contributed by atoms with Crippen LogP contribution in [0.3, 0.4) is 0 Å². The van der Waals surface area contributed by atoms with Crippen LogP contribution in [0.5, 0.6) is 11.5 Å². The Morgan fingerprint density at radius 3 is 2.42 bits per heavy atom. The molecule has 0 saturated carbocycles. The number of amides is 2. The van der Waals surface area contributed by atoms with Gasteiger partial charge < -0.3 is 19.7 Å². The lowest BCUT2D eigenvalue weighted by Gasteiger charge is -2.33. The normalized spacial score (nSPS) is 15.0. The van der Waals surface area contributed by atoms with Crippen molar-refractivity contribution in [3.05, 3.63) is 82.9 Å². The number of fused-ring (bicyclic) bond motifs is 1. The van der Waals surface area contributed by atoms with E-state index in [0.29, 0.717) is 23.7 Å². The number of nitrogens with zero attached hydrogens (tertiary/aromatic N) is 1. The average Bonchev–Trinajstić information content (AvgIpc) is 2.78. The van der Waals surface area contributed by atoms with Crippen LogP contribution in [-0.4, -0.2) is 24.5 Å². The molecule has 170 valence electrons. The highest BCUT2D eigenvalue weighted by molar-refractivity contribution is 6.01. The molecule has 1 aliphatic heterocycles. The number of hydrogen-bond donors (Lipinski definition) is 1. The molecule has 0 fully saturated rings. The van der Waals surface area contributed by atoms with Crippen molar-refractivity contribution >= 4 is 23.2 Å². The molecule has 1 aliphatic rings. The van der Waals surface area contributed by atoms with Crippen LogP contribution >= 0.6 is 0 Å². The summed E-state index contributed by atoms with van der Waals surface area (Å²) in [5, 5.41) is 2.87. The molecule has 6 heteroatoms. The van der Waals surface area contributed by atoms with Gasteiger partial charge in [-0.2, -0.15) is 0 Å². The van der Waals surface area contributed by atoms with Gasteiger partial charge in [0.25, 0.3) is 11.8 Å². The zero-order valence-corrected chi connectivity index (χ0v) is 19.3. The molecule has 4 rings (SSSR count). The molecular weight excluding hydrogens is 416 g/mol. The van der Waals surface area contributed by atoms with Crippen molar-refractivity contribution in [1.82, 2.24) is 0 Å². The van der Waals surface area contributed by atoms with E-state index in [1.807, 2.05) is 63.2 Å². The Kier molecular flexibility index (Phi) is 6.36. The van der Waals surface area contributed by atoms with E-state index in [9.17, 15) is 9.59 Å². The summed E-state index contributed by atoms with van der Waals surface area (Å²) in [6, 6.07) is 19.2. The standard InChI is InChI=1S/C27H28N2O4/c1-17-8-5-6-11-21(17)15-29-23-14-22(12-13-24(23)33-20(4)27(29)31)28-25(30)16-32-26-18(2)9-7-10-19(26)3/h5-14,20H,15-16H2,1-4H3,(H,28,30). The summed E-state index contributed by atoms with van der Waals surface area (Å²) >= 11 is 0. The third kappa shape index (κ3) is 4.85. The van der Waals surface area contributed by atoms with Crippen molar-refractivity contribution in [1.29, 1.82) is 0 Å². The number of aryl methyl sites for hydroxylation is 3. The van der Waals surface area contributed by atoms with Crippen LogP contribution in [0.1, 0.15) is 29.2 Å². The van der Waals surface area contributed by atoms with E-state index in [2.05, 4.69) is 5.32 Å². The average molecular weight is 445 g/mol. The number of rotatable bonds is 6. The molecule has 0 saturated heterocycles. The van der Waals surface area contributed by atoms with Gasteiger partial charge in [0.05, 0.1) is 12.2 Å². The molecule has 0 spiro atoms. The topological polar surface area (TPSA) is 67.9 Å². The SMILES string of the molecule is Cc1ccccc1CN1C(=O)C(C)Oc2ccc(NC(=O)COc3c(C)cccc3C)cc21. The molecule has 6 nitrogen and oxygen atoms in total. The second kappa shape index (κ2) is 9.36. The molecule has 3 aromatic rings. The smallest absolute Gasteiger partial charge is 0.268 e. The first-order valence-electron chi connectivity index (χ1n) is 11.0. The van der Waals surface area contributed by atoms with Crippen LogP contribution in [0.15, 0.2) is 60.7 Å². The first kappa shape index (κ1) is 22.4. The van der Waals surface area contributed by atoms with Crippen molar-refractivity contribution in [2.45, 2.75) is 40.3 Å². The number of hydrogen-bond acceptors (Lipinski definition) is 4. The first-order chi connectivity index (χ1) is 15.8. The lowest BCUT2D eigenvalue weighted by atomic mass is 10.1.